The molecule has 1 aromatic rings. The van der Waals surface area contributed by atoms with Crippen LogP contribution in [0.5, 0.6) is 5.75 Å². The number of halogens is 1. The van der Waals surface area contributed by atoms with Gasteiger partial charge in [0.25, 0.3) is 0 Å². The van der Waals surface area contributed by atoms with E-state index in [0.29, 0.717) is 10.8 Å². The monoisotopic (exact) mass is 235 g/mol. The van der Waals surface area contributed by atoms with Crippen LogP contribution in [0.25, 0.3) is 0 Å². The summed E-state index contributed by atoms with van der Waals surface area (Å²) in [6, 6.07) is 7.42. The summed E-state index contributed by atoms with van der Waals surface area (Å²) < 4.78 is 5.09. The number of carbonyl (C=O) groups is 1. The Hall–Kier alpha value is -1.53. The number of methoxy groups -OCH3 is 1. The second-order valence-corrected chi connectivity index (χ2v) is 4.34. The van der Waals surface area contributed by atoms with Crippen molar-refractivity contribution in [3.63, 3.8) is 0 Å². The van der Waals surface area contributed by atoms with Crippen molar-refractivity contribution in [2.24, 2.45) is 0 Å². The summed E-state index contributed by atoms with van der Waals surface area (Å²) >= 11 is 5.90. The molecule has 82 valence electrons. The Morgan fingerprint density at radius 3 is 2.69 bits per heavy atom. The maximum Gasteiger partial charge on any atom is 0.137 e. The van der Waals surface area contributed by atoms with Gasteiger partial charge in [-0.25, -0.2) is 0 Å². The third-order valence-electron chi connectivity index (χ3n) is 2.92. The Labute approximate surface area is 98.6 Å². The molecule has 1 aromatic carbocycles. The molecule has 16 heavy (non-hydrogen) atoms. The summed E-state index contributed by atoms with van der Waals surface area (Å²) in [5.41, 5.74) is 0.130. The van der Waals surface area contributed by atoms with Gasteiger partial charge < -0.3 is 4.74 Å². The van der Waals surface area contributed by atoms with Crippen LogP contribution in [0.15, 0.2) is 18.2 Å². The Bertz CT molecular complexity index is 482. The average molecular weight is 236 g/mol. The van der Waals surface area contributed by atoms with Crippen LogP contribution in [0.1, 0.15) is 18.4 Å². The van der Waals surface area contributed by atoms with Gasteiger partial charge in [-0.15, -0.1) is 0 Å². The van der Waals surface area contributed by atoms with E-state index in [1.54, 1.807) is 18.2 Å². The third-order valence-corrected chi connectivity index (χ3v) is 3.23. The van der Waals surface area contributed by atoms with Crippen LogP contribution in [-0.4, -0.2) is 12.9 Å². The smallest absolute Gasteiger partial charge is 0.137 e. The van der Waals surface area contributed by atoms with E-state index < -0.39 is 5.41 Å². The Balaban J connectivity index is 2.41. The number of benzene rings is 1. The maximum absolute atomic E-state index is 11.1. The van der Waals surface area contributed by atoms with Gasteiger partial charge in [-0.1, -0.05) is 17.7 Å². The van der Waals surface area contributed by atoms with Crippen molar-refractivity contribution in [2.45, 2.75) is 18.3 Å². The number of hydrogen-bond acceptors (Lipinski definition) is 3. The highest BCUT2D eigenvalue weighted by atomic mass is 35.5. The average Bonchev–Trinajstić information content (AvgIpc) is 2.25. The molecule has 0 unspecified atom stereocenters. The van der Waals surface area contributed by atoms with Crippen molar-refractivity contribution in [1.29, 1.82) is 5.26 Å². The van der Waals surface area contributed by atoms with Crippen molar-refractivity contribution in [1.82, 2.24) is 0 Å². The van der Waals surface area contributed by atoms with Gasteiger partial charge in [0.05, 0.1) is 23.6 Å². The number of carbonyl (C=O) groups excluding carboxylic acids is 1. The molecule has 0 saturated heterocycles. The number of ether oxygens (including phenoxy) is 1. The van der Waals surface area contributed by atoms with Gasteiger partial charge in [-0.05, 0) is 17.7 Å². The van der Waals surface area contributed by atoms with Crippen LogP contribution >= 0.6 is 11.6 Å². The molecule has 1 saturated carbocycles. The Kier molecular flexibility index (Phi) is 2.61. The first-order chi connectivity index (χ1) is 7.61. The largest absolute Gasteiger partial charge is 0.495 e. The fourth-order valence-corrected chi connectivity index (χ4v) is 2.12. The summed E-state index contributed by atoms with van der Waals surface area (Å²) in [7, 11) is 1.52. The summed E-state index contributed by atoms with van der Waals surface area (Å²) in [6.07, 6.45) is 0.572. The zero-order chi connectivity index (χ0) is 11.8. The molecule has 0 atom stereocenters. The molecule has 0 aromatic heterocycles. The number of nitriles is 1. The van der Waals surface area contributed by atoms with Gasteiger partial charge in [-0.2, -0.15) is 5.26 Å². The van der Waals surface area contributed by atoms with Gasteiger partial charge in [0.1, 0.15) is 11.5 Å². The zero-order valence-corrected chi connectivity index (χ0v) is 9.54. The first kappa shape index (κ1) is 11.0. The number of ketones is 1. The quantitative estimate of drug-likeness (QED) is 0.791. The van der Waals surface area contributed by atoms with Crippen molar-refractivity contribution in [3.8, 4) is 11.8 Å². The van der Waals surface area contributed by atoms with Crippen LogP contribution in [0, 0.1) is 11.3 Å². The van der Waals surface area contributed by atoms with Crippen molar-refractivity contribution in [3.05, 3.63) is 28.8 Å². The van der Waals surface area contributed by atoms with Gasteiger partial charge in [0.2, 0.25) is 0 Å². The highest BCUT2D eigenvalue weighted by Gasteiger charge is 2.45. The fourth-order valence-electron chi connectivity index (χ4n) is 1.93. The second kappa shape index (κ2) is 3.80. The van der Waals surface area contributed by atoms with Gasteiger partial charge in [0, 0.05) is 12.8 Å². The summed E-state index contributed by atoms with van der Waals surface area (Å²) in [4.78, 5) is 11.1. The Morgan fingerprint density at radius 2 is 2.19 bits per heavy atom. The minimum Gasteiger partial charge on any atom is -0.495 e. The van der Waals surface area contributed by atoms with E-state index in [1.165, 1.54) is 7.11 Å². The van der Waals surface area contributed by atoms with E-state index in [4.69, 9.17) is 21.6 Å². The van der Waals surface area contributed by atoms with E-state index in [-0.39, 0.29) is 18.6 Å². The molecule has 0 aliphatic heterocycles. The van der Waals surface area contributed by atoms with Crippen molar-refractivity contribution >= 4 is 17.4 Å². The predicted molar refractivity (Wildman–Crippen MR) is 59.5 cm³/mol. The van der Waals surface area contributed by atoms with E-state index >= 15 is 0 Å². The standard InChI is InChI=1S/C12H10ClNO2/c1-16-11-4-8(2-3-10(11)13)12(7-14)5-9(15)6-12/h2-4H,5-6H2,1H3. The predicted octanol–water partition coefficient (Wildman–Crippen LogP) is 2.47. The molecule has 0 radical (unpaired) electrons. The first-order valence-electron chi connectivity index (χ1n) is 4.88. The lowest BCUT2D eigenvalue weighted by Gasteiger charge is -2.34. The molecule has 4 heteroatoms. The van der Waals surface area contributed by atoms with Gasteiger partial charge in [-0.3, -0.25) is 4.79 Å². The maximum atomic E-state index is 11.1. The fraction of sp³-hybridized carbons (Fsp3) is 0.333. The SMILES string of the molecule is COc1cc(C2(C#N)CC(=O)C2)ccc1Cl. The minimum atomic E-state index is -0.672. The van der Waals surface area contributed by atoms with Gasteiger partial charge in [0.15, 0.2) is 0 Å². The van der Waals surface area contributed by atoms with Crippen molar-refractivity contribution < 1.29 is 9.53 Å². The first-order valence-corrected chi connectivity index (χ1v) is 5.26. The van der Waals surface area contributed by atoms with Crippen LogP contribution in [0.3, 0.4) is 0 Å². The van der Waals surface area contributed by atoms with E-state index in [1.807, 2.05) is 0 Å². The van der Waals surface area contributed by atoms with Gasteiger partial charge >= 0.3 is 0 Å². The molecule has 1 fully saturated rings. The molecular weight excluding hydrogens is 226 g/mol. The summed E-state index contributed by atoms with van der Waals surface area (Å²) in [5, 5.41) is 9.67. The highest BCUT2D eigenvalue weighted by Crippen LogP contribution is 2.42. The molecule has 0 spiro atoms. The van der Waals surface area contributed by atoms with Crippen LogP contribution < -0.4 is 4.74 Å². The van der Waals surface area contributed by atoms with E-state index in [9.17, 15) is 4.79 Å². The lowest BCUT2D eigenvalue weighted by atomic mass is 9.65. The summed E-state index contributed by atoms with van der Waals surface area (Å²) in [6.45, 7) is 0. The second-order valence-electron chi connectivity index (χ2n) is 3.94. The molecule has 0 bridgehead atoms. The van der Waals surface area contributed by atoms with Crippen molar-refractivity contribution in [2.75, 3.05) is 7.11 Å². The molecule has 1 aliphatic carbocycles. The molecule has 3 nitrogen and oxygen atoms in total. The van der Waals surface area contributed by atoms with Crippen LogP contribution in [-0.2, 0) is 10.2 Å². The molecule has 2 rings (SSSR count). The Morgan fingerprint density at radius 1 is 1.50 bits per heavy atom. The number of hydrogen-bond donors (Lipinski definition) is 0. The molecule has 0 amide bonds. The van der Waals surface area contributed by atoms with Crippen LogP contribution in [0.2, 0.25) is 5.02 Å². The number of rotatable bonds is 2. The highest BCUT2D eigenvalue weighted by molar-refractivity contribution is 6.32. The lowest BCUT2D eigenvalue weighted by Crippen LogP contribution is -2.40. The third kappa shape index (κ3) is 1.56. The summed E-state index contributed by atoms with van der Waals surface area (Å²) in [5.74, 6) is 0.656. The topological polar surface area (TPSA) is 50.1 Å². The molecular formula is C12H10ClNO2. The molecule has 0 N–H and O–H groups in total. The van der Waals surface area contributed by atoms with Crippen LogP contribution in [0.4, 0.5) is 0 Å². The van der Waals surface area contributed by atoms with E-state index in [2.05, 4.69) is 6.07 Å². The number of Topliss-reactive ketones (excluding diaryl/α,β-unsaturated/α-hetero) is 1. The normalized spacial score (nSPS) is 17.4. The number of nitrogens with zero attached hydrogens (tertiary/aromatic N) is 1. The van der Waals surface area contributed by atoms with E-state index in [0.717, 1.165) is 5.56 Å². The molecule has 0 heterocycles. The minimum absolute atomic E-state index is 0.121. The molecule has 1 aliphatic rings. The lowest BCUT2D eigenvalue weighted by molar-refractivity contribution is -0.126. The zero-order valence-electron chi connectivity index (χ0n) is 8.79.